The maximum absolute atomic E-state index is 11.2. The van der Waals surface area contributed by atoms with Crippen LogP contribution in [0.15, 0.2) is 22.7 Å². The summed E-state index contributed by atoms with van der Waals surface area (Å²) in [6.45, 7) is 4.00. The molecule has 1 rings (SSSR count). The van der Waals surface area contributed by atoms with Crippen LogP contribution in [0.4, 0.5) is 0 Å². The second-order valence-corrected chi connectivity index (χ2v) is 5.20. The van der Waals surface area contributed by atoms with Crippen molar-refractivity contribution in [3.05, 3.63) is 28.2 Å². The number of ether oxygens (including phenoxy) is 1. The van der Waals surface area contributed by atoms with Gasteiger partial charge in [-0.25, -0.2) is 0 Å². The molecule has 0 aliphatic carbocycles. The largest absolute Gasteiger partial charge is 0.491 e. The van der Waals surface area contributed by atoms with E-state index in [9.17, 15) is 4.79 Å². The van der Waals surface area contributed by atoms with Crippen molar-refractivity contribution in [2.24, 2.45) is 11.5 Å². The molecular formula is C11H15BrN2O2. The van der Waals surface area contributed by atoms with Crippen molar-refractivity contribution in [2.45, 2.75) is 19.4 Å². The van der Waals surface area contributed by atoms with Gasteiger partial charge in [-0.15, -0.1) is 0 Å². The van der Waals surface area contributed by atoms with Gasteiger partial charge in [-0.2, -0.15) is 0 Å². The van der Waals surface area contributed by atoms with Crippen molar-refractivity contribution in [3.63, 3.8) is 0 Å². The van der Waals surface area contributed by atoms with Gasteiger partial charge in [-0.3, -0.25) is 4.79 Å². The summed E-state index contributed by atoms with van der Waals surface area (Å²) in [5, 5.41) is 0. The summed E-state index contributed by atoms with van der Waals surface area (Å²) in [5.74, 6) is -0.0691. The van der Waals surface area contributed by atoms with E-state index in [2.05, 4.69) is 15.9 Å². The molecule has 5 heteroatoms. The van der Waals surface area contributed by atoms with E-state index in [0.29, 0.717) is 17.9 Å². The Morgan fingerprint density at radius 3 is 2.62 bits per heavy atom. The van der Waals surface area contributed by atoms with E-state index in [1.807, 2.05) is 13.8 Å². The highest BCUT2D eigenvalue weighted by atomic mass is 79.9. The standard InChI is InChI=1S/C11H15BrN2O2/c1-11(2,14)6-16-9-4-3-7(12)5-8(9)10(13)15/h3-5H,6,14H2,1-2H3,(H2,13,15). The van der Waals surface area contributed by atoms with E-state index < -0.39 is 11.4 Å². The number of hydrogen-bond donors (Lipinski definition) is 2. The first-order valence-electron chi connectivity index (χ1n) is 4.80. The second-order valence-electron chi connectivity index (χ2n) is 4.28. The zero-order valence-electron chi connectivity index (χ0n) is 9.29. The van der Waals surface area contributed by atoms with Gasteiger partial charge in [0, 0.05) is 10.0 Å². The Hall–Kier alpha value is -1.07. The fraction of sp³-hybridized carbons (Fsp3) is 0.364. The van der Waals surface area contributed by atoms with Crippen molar-refractivity contribution < 1.29 is 9.53 Å². The number of carbonyl (C=O) groups is 1. The van der Waals surface area contributed by atoms with Crippen LogP contribution in [-0.2, 0) is 0 Å². The van der Waals surface area contributed by atoms with E-state index >= 15 is 0 Å². The molecule has 1 aromatic rings. The number of primary amides is 1. The molecule has 0 aliphatic heterocycles. The Kier molecular flexibility index (Phi) is 3.93. The van der Waals surface area contributed by atoms with Gasteiger partial charge < -0.3 is 16.2 Å². The van der Waals surface area contributed by atoms with Gasteiger partial charge in [0.1, 0.15) is 12.4 Å². The maximum atomic E-state index is 11.2. The van der Waals surface area contributed by atoms with E-state index in [1.54, 1.807) is 18.2 Å². The smallest absolute Gasteiger partial charge is 0.252 e. The molecular weight excluding hydrogens is 272 g/mol. The Labute approximate surface area is 103 Å². The average molecular weight is 287 g/mol. The van der Waals surface area contributed by atoms with Gasteiger partial charge in [0.2, 0.25) is 0 Å². The lowest BCUT2D eigenvalue weighted by Crippen LogP contribution is -2.39. The lowest BCUT2D eigenvalue weighted by atomic mass is 10.1. The van der Waals surface area contributed by atoms with Crippen LogP contribution in [-0.4, -0.2) is 18.1 Å². The fourth-order valence-corrected chi connectivity index (χ4v) is 1.45. The van der Waals surface area contributed by atoms with Gasteiger partial charge in [0.25, 0.3) is 5.91 Å². The SMILES string of the molecule is CC(C)(N)COc1ccc(Br)cc1C(N)=O. The number of halogens is 1. The quantitative estimate of drug-likeness (QED) is 0.884. The van der Waals surface area contributed by atoms with Gasteiger partial charge in [0.15, 0.2) is 0 Å². The molecule has 0 saturated carbocycles. The lowest BCUT2D eigenvalue weighted by molar-refractivity contribution is 0.0995. The molecule has 0 atom stereocenters. The lowest BCUT2D eigenvalue weighted by Gasteiger charge is -2.20. The van der Waals surface area contributed by atoms with Crippen molar-refractivity contribution in [1.29, 1.82) is 0 Å². The minimum atomic E-state index is -0.522. The van der Waals surface area contributed by atoms with Crippen molar-refractivity contribution >= 4 is 21.8 Å². The monoisotopic (exact) mass is 286 g/mol. The normalized spacial score (nSPS) is 11.2. The molecule has 1 aromatic carbocycles. The highest BCUT2D eigenvalue weighted by Crippen LogP contribution is 2.23. The highest BCUT2D eigenvalue weighted by Gasteiger charge is 2.15. The molecule has 0 aromatic heterocycles. The molecule has 4 nitrogen and oxygen atoms in total. The third kappa shape index (κ3) is 3.83. The molecule has 1 amide bonds. The third-order valence-electron chi connectivity index (χ3n) is 1.81. The summed E-state index contributed by atoms with van der Waals surface area (Å²) in [5.41, 5.74) is 10.9. The molecule has 0 aliphatic rings. The van der Waals surface area contributed by atoms with Crippen LogP contribution in [0.25, 0.3) is 0 Å². The van der Waals surface area contributed by atoms with E-state index in [1.165, 1.54) is 0 Å². The number of nitrogens with two attached hydrogens (primary N) is 2. The topological polar surface area (TPSA) is 78.3 Å². The molecule has 0 spiro atoms. The molecule has 0 fully saturated rings. The molecule has 4 N–H and O–H groups in total. The summed E-state index contributed by atoms with van der Waals surface area (Å²) >= 11 is 3.27. The Morgan fingerprint density at radius 1 is 1.50 bits per heavy atom. The van der Waals surface area contributed by atoms with Crippen LogP contribution >= 0.6 is 15.9 Å². The van der Waals surface area contributed by atoms with Crippen LogP contribution in [0.1, 0.15) is 24.2 Å². The average Bonchev–Trinajstić information content (AvgIpc) is 2.14. The second kappa shape index (κ2) is 4.84. The minimum absolute atomic E-state index is 0.314. The van der Waals surface area contributed by atoms with Crippen LogP contribution in [0, 0.1) is 0 Å². The first-order chi connectivity index (χ1) is 7.29. The summed E-state index contributed by atoms with van der Waals surface area (Å²) in [6.07, 6.45) is 0. The van der Waals surface area contributed by atoms with Crippen molar-refractivity contribution in [3.8, 4) is 5.75 Å². The van der Waals surface area contributed by atoms with Gasteiger partial charge >= 0.3 is 0 Å². The molecule has 0 unspecified atom stereocenters. The predicted octanol–water partition coefficient (Wildman–Crippen LogP) is 1.66. The van der Waals surface area contributed by atoms with Crippen LogP contribution in [0.5, 0.6) is 5.75 Å². The van der Waals surface area contributed by atoms with Gasteiger partial charge in [-0.1, -0.05) is 15.9 Å². The Balaban J connectivity index is 2.91. The van der Waals surface area contributed by atoms with E-state index in [4.69, 9.17) is 16.2 Å². The number of benzene rings is 1. The molecule has 16 heavy (non-hydrogen) atoms. The Bertz CT molecular complexity index is 399. The van der Waals surface area contributed by atoms with Crippen LogP contribution < -0.4 is 16.2 Å². The van der Waals surface area contributed by atoms with E-state index in [-0.39, 0.29) is 0 Å². The van der Waals surface area contributed by atoms with Crippen molar-refractivity contribution in [1.82, 2.24) is 0 Å². The van der Waals surface area contributed by atoms with Crippen LogP contribution in [0.3, 0.4) is 0 Å². The van der Waals surface area contributed by atoms with Crippen LogP contribution in [0.2, 0.25) is 0 Å². The molecule has 0 radical (unpaired) electrons. The zero-order chi connectivity index (χ0) is 12.3. The number of amides is 1. The first-order valence-corrected chi connectivity index (χ1v) is 5.60. The fourth-order valence-electron chi connectivity index (χ4n) is 1.08. The number of carbonyl (C=O) groups excluding carboxylic acids is 1. The molecule has 0 heterocycles. The first kappa shape index (κ1) is 13.0. The summed E-state index contributed by atoms with van der Waals surface area (Å²) in [7, 11) is 0. The van der Waals surface area contributed by atoms with Gasteiger partial charge in [0.05, 0.1) is 5.56 Å². The molecule has 0 bridgehead atoms. The number of rotatable bonds is 4. The van der Waals surface area contributed by atoms with Crippen molar-refractivity contribution in [2.75, 3.05) is 6.61 Å². The van der Waals surface area contributed by atoms with Gasteiger partial charge in [-0.05, 0) is 32.0 Å². The minimum Gasteiger partial charge on any atom is -0.491 e. The number of hydrogen-bond acceptors (Lipinski definition) is 3. The zero-order valence-corrected chi connectivity index (χ0v) is 10.9. The predicted molar refractivity (Wildman–Crippen MR) is 66.4 cm³/mol. The third-order valence-corrected chi connectivity index (χ3v) is 2.30. The van der Waals surface area contributed by atoms with E-state index in [0.717, 1.165) is 4.47 Å². The molecule has 88 valence electrons. The summed E-state index contributed by atoms with van der Waals surface area (Å²) in [6, 6.07) is 5.10. The summed E-state index contributed by atoms with van der Waals surface area (Å²) in [4.78, 5) is 11.2. The summed E-state index contributed by atoms with van der Waals surface area (Å²) < 4.78 is 6.25. The maximum Gasteiger partial charge on any atom is 0.252 e. The Morgan fingerprint density at radius 2 is 2.12 bits per heavy atom. The molecule has 0 saturated heterocycles. The highest BCUT2D eigenvalue weighted by molar-refractivity contribution is 9.10.